The van der Waals surface area contributed by atoms with E-state index in [4.69, 9.17) is 39.5 Å². The molecule has 0 aliphatic carbocycles. The molecule has 1 saturated heterocycles. The molecule has 0 unspecified atom stereocenters. The molecule has 2 aliphatic heterocycles. The third kappa shape index (κ3) is 3.37. The normalized spacial score (nSPS) is 24.3. The van der Waals surface area contributed by atoms with Gasteiger partial charge in [-0.3, -0.25) is 14.5 Å². The van der Waals surface area contributed by atoms with Gasteiger partial charge in [0.15, 0.2) is 0 Å². The van der Waals surface area contributed by atoms with Crippen LogP contribution in [0.2, 0.25) is 0 Å². The predicted molar refractivity (Wildman–Crippen MR) is 84.6 cm³/mol. The van der Waals surface area contributed by atoms with Crippen LogP contribution in [-0.4, -0.2) is 50.8 Å². The second-order valence-electron chi connectivity index (χ2n) is 4.44. The Morgan fingerprint density at radius 3 is 2.77 bits per heavy atom. The minimum Gasteiger partial charge on any atom is -0.456 e. The molecule has 0 saturated carbocycles. The monoisotopic (exact) mass is 384 g/mol. The lowest BCUT2D eigenvalue weighted by atomic mass is 10.0. The lowest BCUT2D eigenvalue weighted by Gasteiger charge is -2.49. The van der Waals surface area contributed by atoms with E-state index in [0.717, 1.165) is 0 Å². The number of nitrogens with one attached hydrogen (secondary N) is 1. The zero-order valence-electron chi connectivity index (χ0n) is 11.1. The van der Waals surface area contributed by atoms with Crippen LogP contribution in [0.25, 0.3) is 0 Å². The van der Waals surface area contributed by atoms with Gasteiger partial charge in [0, 0.05) is 5.75 Å². The fourth-order valence-electron chi connectivity index (χ4n) is 2.10. The average Bonchev–Trinajstić information content (AvgIpc) is 2.47. The third-order valence-electron chi connectivity index (χ3n) is 3.05. The van der Waals surface area contributed by atoms with E-state index in [1.165, 1.54) is 22.7 Å². The Kier molecular flexibility index (Phi) is 5.32. The Balaban J connectivity index is 2.21. The zero-order chi connectivity index (χ0) is 16.5. The average molecular weight is 386 g/mol. The number of ether oxygens (including phenoxy) is 1. The summed E-state index contributed by atoms with van der Waals surface area (Å²) in [5.41, 5.74) is 0.621. The zero-order valence-corrected chi connectivity index (χ0v) is 14.1. The summed E-state index contributed by atoms with van der Waals surface area (Å²) in [4.78, 5) is 36.1. The minimum atomic E-state index is -1.74. The Labute approximate surface area is 145 Å². The van der Waals surface area contributed by atoms with Crippen LogP contribution < -0.4 is 5.32 Å². The van der Waals surface area contributed by atoms with Crippen molar-refractivity contribution in [2.75, 3.05) is 12.4 Å². The maximum Gasteiger partial charge on any atom is 0.355 e. The van der Waals surface area contributed by atoms with E-state index in [2.05, 4.69) is 11.9 Å². The molecule has 2 amide bonds. The van der Waals surface area contributed by atoms with Crippen molar-refractivity contribution in [2.45, 2.75) is 15.2 Å². The number of hydrogen-bond donors (Lipinski definition) is 1. The van der Waals surface area contributed by atoms with Gasteiger partial charge in [-0.1, -0.05) is 47.5 Å². The summed E-state index contributed by atoms with van der Waals surface area (Å²) in [6.07, 6.45) is 1.93. The van der Waals surface area contributed by atoms with Gasteiger partial charge >= 0.3 is 5.97 Å². The minimum absolute atomic E-state index is 0.0712. The summed E-state index contributed by atoms with van der Waals surface area (Å²) in [7, 11) is 0. The topological polar surface area (TPSA) is 75.7 Å². The smallest absolute Gasteiger partial charge is 0.355 e. The lowest BCUT2D eigenvalue weighted by Crippen LogP contribution is -2.69. The van der Waals surface area contributed by atoms with E-state index in [-0.39, 0.29) is 11.1 Å². The first-order valence-electron chi connectivity index (χ1n) is 6.04. The maximum absolute atomic E-state index is 12.2. The molecule has 0 bridgehead atoms. The molecule has 0 spiro atoms. The molecule has 10 heteroatoms. The number of thioether (sulfide) groups is 1. The van der Waals surface area contributed by atoms with Gasteiger partial charge in [0.25, 0.3) is 5.91 Å². The molecule has 120 valence electrons. The fraction of sp³-hybridized carbons (Fsp3) is 0.417. The third-order valence-corrected chi connectivity index (χ3v) is 4.68. The van der Waals surface area contributed by atoms with Gasteiger partial charge in [-0.2, -0.15) is 0 Å². The number of fused-ring (bicyclic) bond motifs is 1. The number of rotatable bonds is 5. The molecule has 2 rings (SSSR count). The second kappa shape index (κ2) is 6.70. The molecular weight excluding hydrogens is 375 g/mol. The first kappa shape index (κ1) is 17.5. The van der Waals surface area contributed by atoms with Crippen molar-refractivity contribution >= 4 is 64.9 Å². The van der Waals surface area contributed by atoms with E-state index >= 15 is 0 Å². The van der Waals surface area contributed by atoms with E-state index in [1.807, 2.05) is 0 Å². The van der Waals surface area contributed by atoms with Crippen molar-refractivity contribution in [1.82, 2.24) is 10.2 Å². The standard InChI is InChI=1S/C12H11Cl3N2O4S/c1-2-6-3-22-10-7(16-5-18)9(19)17(10)8(6)11(20)21-4-12(13,14)15/h2,5,7,10H,1,3-4H2,(H,16,18)/t7-,10+/m1/s1. The van der Waals surface area contributed by atoms with Crippen molar-refractivity contribution in [3.05, 3.63) is 23.9 Å². The quantitative estimate of drug-likeness (QED) is 0.335. The number of carbonyl (C=O) groups is 3. The molecule has 6 nitrogen and oxygen atoms in total. The summed E-state index contributed by atoms with van der Waals surface area (Å²) >= 11 is 18.0. The van der Waals surface area contributed by atoms with Gasteiger partial charge < -0.3 is 10.1 Å². The second-order valence-corrected chi connectivity index (χ2v) is 8.06. The first-order valence-corrected chi connectivity index (χ1v) is 8.22. The van der Waals surface area contributed by atoms with Crippen LogP contribution in [0.1, 0.15) is 0 Å². The predicted octanol–water partition coefficient (Wildman–Crippen LogP) is 1.37. The molecule has 0 aromatic heterocycles. The highest BCUT2D eigenvalue weighted by Crippen LogP contribution is 2.41. The Morgan fingerprint density at radius 2 is 2.23 bits per heavy atom. The summed E-state index contributed by atoms with van der Waals surface area (Å²) in [6, 6.07) is -0.662. The molecule has 0 aromatic rings. The highest BCUT2D eigenvalue weighted by molar-refractivity contribution is 8.00. The molecule has 1 N–H and O–H groups in total. The van der Waals surface area contributed by atoms with Gasteiger partial charge in [-0.25, -0.2) is 4.79 Å². The van der Waals surface area contributed by atoms with E-state index in [1.54, 1.807) is 0 Å². The molecule has 2 aliphatic rings. The van der Waals surface area contributed by atoms with Crippen LogP contribution in [0.4, 0.5) is 0 Å². The number of amides is 2. The number of β-lactam (4-membered cyclic amide) rings is 1. The van der Waals surface area contributed by atoms with Crippen LogP contribution in [0.5, 0.6) is 0 Å². The number of esters is 1. The van der Waals surface area contributed by atoms with Crippen molar-refractivity contribution in [1.29, 1.82) is 0 Å². The molecular formula is C12H11Cl3N2O4S. The van der Waals surface area contributed by atoms with Gasteiger partial charge in [0.2, 0.25) is 10.2 Å². The van der Waals surface area contributed by atoms with E-state index in [9.17, 15) is 14.4 Å². The summed E-state index contributed by atoms with van der Waals surface area (Å²) < 4.78 is 3.20. The van der Waals surface area contributed by atoms with Crippen LogP contribution in [0, 0.1) is 0 Å². The highest BCUT2D eigenvalue weighted by atomic mass is 35.6. The Hall–Kier alpha value is -0.890. The summed E-state index contributed by atoms with van der Waals surface area (Å²) in [6.45, 7) is 3.18. The summed E-state index contributed by atoms with van der Waals surface area (Å²) in [5, 5.41) is 2.06. The van der Waals surface area contributed by atoms with Crippen molar-refractivity contribution in [2.24, 2.45) is 0 Å². The number of allylic oxidation sites excluding steroid dienone is 1. The van der Waals surface area contributed by atoms with Crippen molar-refractivity contribution in [3.63, 3.8) is 0 Å². The van der Waals surface area contributed by atoms with Crippen LogP contribution in [-0.2, 0) is 19.1 Å². The van der Waals surface area contributed by atoms with E-state index in [0.29, 0.717) is 17.7 Å². The highest BCUT2D eigenvalue weighted by Gasteiger charge is 2.53. The van der Waals surface area contributed by atoms with E-state index < -0.39 is 28.3 Å². The number of nitrogens with zero attached hydrogens (tertiary/aromatic N) is 1. The van der Waals surface area contributed by atoms with Crippen molar-refractivity contribution in [3.8, 4) is 0 Å². The Bertz CT molecular complexity index is 561. The maximum atomic E-state index is 12.2. The van der Waals surface area contributed by atoms with Crippen LogP contribution >= 0.6 is 46.6 Å². The lowest BCUT2D eigenvalue weighted by molar-refractivity contribution is -0.152. The fourth-order valence-corrected chi connectivity index (χ4v) is 3.61. The molecule has 0 aromatic carbocycles. The number of carbonyl (C=O) groups excluding carboxylic acids is 3. The van der Waals surface area contributed by atoms with Gasteiger partial charge in [0.05, 0.1) is 0 Å². The number of hydrogen-bond acceptors (Lipinski definition) is 5. The van der Waals surface area contributed by atoms with Gasteiger partial charge in [0.1, 0.15) is 23.7 Å². The van der Waals surface area contributed by atoms with Crippen LogP contribution in [0.15, 0.2) is 23.9 Å². The Morgan fingerprint density at radius 1 is 1.55 bits per heavy atom. The molecule has 22 heavy (non-hydrogen) atoms. The largest absolute Gasteiger partial charge is 0.456 e. The van der Waals surface area contributed by atoms with Gasteiger partial charge in [-0.05, 0) is 5.57 Å². The molecule has 2 atom stereocenters. The molecule has 1 fully saturated rings. The molecule has 2 heterocycles. The SMILES string of the molecule is C=CC1=C(C(=O)OCC(Cl)(Cl)Cl)N2C(=O)[C@@H](NC=O)[C@@H]2SC1. The number of halogens is 3. The summed E-state index contributed by atoms with van der Waals surface area (Å²) in [5.74, 6) is -0.721. The first-order chi connectivity index (χ1) is 10.3. The van der Waals surface area contributed by atoms with Crippen molar-refractivity contribution < 1.29 is 19.1 Å². The van der Waals surface area contributed by atoms with Gasteiger partial charge in [-0.15, -0.1) is 11.8 Å². The number of alkyl halides is 3. The molecule has 0 radical (unpaired) electrons. The van der Waals surface area contributed by atoms with Crippen LogP contribution in [0.3, 0.4) is 0 Å².